The lowest BCUT2D eigenvalue weighted by atomic mass is 10.3. The van der Waals surface area contributed by atoms with E-state index in [-0.39, 0.29) is 29.9 Å². The summed E-state index contributed by atoms with van der Waals surface area (Å²) in [6.45, 7) is 2.24. The van der Waals surface area contributed by atoms with Crippen molar-refractivity contribution < 1.29 is 18.7 Å². The van der Waals surface area contributed by atoms with Crippen molar-refractivity contribution >= 4 is 41.5 Å². The normalized spacial score (nSPS) is 13.1. The van der Waals surface area contributed by atoms with Crippen molar-refractivity contribution in [2.24, 2.45) is 4.99 Å². The minimum Gasteiger partial charge on any atom is -0.490 e. The molecule has 1 aromatic carbocycles. The van der Waals surface area contributed by atoms with Crippen LogP contribution in [0.1, 0.15) is 17.0 Å². The molecule has 0 unspecified atom stereocenters. The van der Waals surface area contributed by atoms with Crippen molar-refractivity contribution in [2.45, 2.75) is 6.42 Å². The summed E-state index contributed by atoms with van der Waals surface area (Å²) in [5.74, 6) is 2.10. The van der Waals surface area contributed by atoms with E-state index in [1.165, 1.54) is 6.26 Å². The Kier molecular flexibility index (Phi) is 8.24. The number of fused-ring (bicyclic) bond motifs is 1. The van der Waals surface area contributed by atoms with Crippen LogP contribution in [0.15, 0.2) is 46.0 Å². The summed E-state index contributed by atoms with van der Waals surface area (Å²) in [4.78, 5) is 15.9. The number of amides is 1. The molecule has 3 N–H and O–H groups in total. The van der Waals surface area contributed by atoms with Gasteiger partial charge in [-0.2, -0.15) is 0 Å². The molecule has 1 aliphatic heterocycles. The molecule has 0 aliphatic carbocycles. The summed E-state index contributed by atoms with van der Waals surface area (Å²) in [6.07, 6.45) is 2.33. The number of anilines is 1. The molecule has 146 valence electrons. The van der Waals surface area contributed by atoms with Crippen molar-refractivity contribution in [3.63, 3.8) is 0 Å². The van der Waals surface area contributed by atoms with E-state index in [9.17, 15) is 4.79 Å². The first-order valence-corrected chi connectivity index (χ1v) is 8.45. The van der Waals surface area contributed by atoms with Gasteiger partial charge < -0.3 is 29.8 Å². The molecular weight excluding hydrogens is 463 g/mol. The van der Waals surface area contributed by atoms with Crippen LogP contribution in [0.5, 0.6) is 11.5 Å². The summed E-state index contributed by atoms with van der Waals surface area (Å²) >= 11 is 0. The van der Waals surface area contributed by atoms with E-state index in [0.717, 1.165) is 17.9 Å². The Morgan fingerprint density at radius 2 is 1.89 bits per heavy atom. The van der Waals surface area contributed by atoms with Crippen LogP contribution in [-0.2, 0) is 0 Å². The maximum absolute atomic E-state index is 11.8. The van der Waals surface area contributed by atoms with Crippen LogP contribution in [0.4, 0.5) is 5.69 Å². The Morgan fingerprint density at radius 3 is 2.63 bits per heavy atom. The number of furan rings is 1. The number of guanidine groups is 1. The monoisotopic (exact) mass is 486 g/mol. The van der Waals surface area contributed by atoms with Crippen molar-refractivity contribution in [3.8, 4) is 11.5 Å². The third-order valence-corrected chi connectivity index (χ3v) is 3.68. The number of nitrogens with zero attached hydrogens (tertiary/aromatic N) is 1. The van der Waals surface area contributed by atoms with Gasteiger partial charge in [0.25, 0.3) is 5.91 Å². The zero-order valence-corrected chi connectivity index (χ0v) is 17.3. The Morgan fingerprint density at radius 1 is 1.11 bits per heavy atom. The van der Waals surface area contributed by atoms with E-state index in [1.807, 2.05) is 18.2 Å². The average molecular weight is 486 g/mol. The Bertz CT molecular complexity index is 765. The Balaban J connectivity index is 0.00000261. The molecule has 1 amide bonds. The zero-order valence-electron chi connectivity index (χ0n) is 15.0. The van der Waals surface area contributed by atoms with Crippen molar-refractivity contribution in [2.75, 3.05) is 38.7 Å². The van der Waals surface area contributed by atoms with Crippen LogP contribution in [0.25, 0.3) is 0 Å². The first-order valence-electron chi connectivity index (χ1n) is 8.45. The van der Waals surface area contributed by atoms with E-state index >= 15 is 0 Å². The average Bonchev–Trinajstić information content (AvgIpc) is 3.10. The Labute approximate surface area is 174 Å². The van der Waals surface area contributed by atoms with Crippen molar-refractivity contribution in [1.29, 1.82) is 0 Å². The molecule has 27 heavy (non-hydrogen) atoms. The lowest BCUT2D eigenvalue weighted by Gasteiger charge is -2.14. The molecule has 2 heterocycles. The summed E-state index contributed by atoms with van der Waals surface area (Å²) < 4.78 is 16.3. The van der Waals surface area contributed by atoms with E-state index in [0.29, 0.717) is 43.8 Å². The number of carbonyl (C=O) groups excluding carboxylic acids is 1. The second kappa shape index (κ2) is 10.7. The second-order valence-electron chi connectivity index (χ2n) is 5.57. The zero-order chi connectivity index (χ0) is 18.2. The van der Waals surface area contributed by atoms with E-state index < -0.39 is 0 Å². The van der Waals surface area contributed by atoms with Gasteiger partial charge in [0, 0.05) is 38.3 Å². The number of carbonyl (C=O) groups is 1. The molecule has 0 bridgehead atoms. The van der Waals surface area contributed by atoms with Crippen LogP contribution in [0.2, 0.25) is 0 Å². The fourth-order valence-electron chi connectivity index (χ4n) is 2.41. The molecule has 0 saturated heterocycles. The Hall–Kier alpha value is -2.43. The van der Waals surface area contributed by atoms with Gasteiger partial charge in [0.2, 0.25) is 0 Å². The third-order valence-electron chi connectivity index (χ3n) is 3.68. The first kappa shape index (κ1) is 20.9. The molecule has 1 aromatic heterocycles. The van der Waals surface area contributed by atoms with Gasteiger partial charge in [-0.3, -0.25) is 9.79 Å². The van der Waals surface area contributed by atoms with Gasteiger partial charge in [-0.15, -0.1) is 24.0 Å². The number of hydrogen-bond acceptors (Lipinski definition) is 5. The largest absolute Gasteiger partial charge is 0.490 e. The van der Waals surface area contributed by atoms with Crippen LogP contribution >= 0.6 is 24.0 Å². The fraction of sp³-hybridized carbons (Fsp3) is 0.333. The summed E-state index contributed by atoms with van der Waals surface area (Å²) in [7, 11) is 1.68. The standard InChI is InChI=1S/C18H22N4O4.HI/c1-19-18(21-8-7-20-17(23)15-4-2-9-25-15)22-13-5-6-14-16(12-13)26-11-3-10-24-14;/h2,4-6,9,12H,3,7-8,10-11H2,1H3,(H,20,23)(H2,19,21,22);1H. The van der Waals surface area contributed by atoms with E-state index in [1.54, 1.807) is 19.2 Å². The molecule has 9 heteroatoms. The highest BCUT2D eigenvalue weighted by molar-refractivity contribution is 14.0. The SMILES string of the molecule is CN=C(NCCNC(=O)c1ccco1)Nc1ccc2c(c1)OCCCO2.I. The van der Waals surface area contributed by atoms with Crippen LogP contribution in [-0.4, -0.2) is 45.2 Å². The quantitative estimate of drug-likeness (QED) is 0.260. The van der Waals surface area contributed by atoms with Gasteiger partial charge in [0.05, 0.1) is 19.5 Å². The number of halogens is 1. The van der Waals surface area contributed by atoms with Crippen LogP contribution < -0.4 is 25.4 Å². The smallest absolute Gasteiger partial charge is 0.287 e. The van der Waals surface area contributed by atoms with E-state index in [2.05, 4.69) is 20.9 Å². The summed E-state index contributed by atoms with van der Waals surface area (Å²) in [5.41, 5.74) is 0.835. The summed E-state index contributed by atoms with van der Waals surface area (Å²) in [5, 5.41) is 9.08. The minimum absolute atomic E-state index is 0. The second-order valence-corrected chi connectivity index (χ2v) is 5.57. The molecule has 2 aromatic rings. The first-order chi connectivity index (χ1) is 12.8. The van der Waals surface area contributed by atoms with E-state index in [4.69, 9.17) is 13.9 Å². The number of aliphatic imine (C=N–C) groups is 1. The molecule has 1 aliphatic rings. The predicted molar refractivity (Wildman–Crippen MR) is 113 cm³/mol. The maximum atomic E-state index is 11.8. The molecule has 0 saturated carbocycles. The minimum atomic E-state index is -0.248. The van der Waals surface area contributed by atoms with Gasteiger partial charge >= 0.3 is 0 Å². The highest BCUT2D eigenvalue weighted by atomic mass is 127. The number of ether oxygens (including phenoxy) is 2. The topological polar surface area (TPSA) is 97.1 Å². The van der Waals surface area contributed by atoms with Gasteiger partial charge in [0.15, 0.2) is 23.2 Å². The van der Waals surface area contributed by atoms with Crippen molar-refractivity contribution in [3.05, 3.63) is 42.4 Å². The number of hydrogen-bond donors (Lipinski definition) is 3. The van der Waals surface area contributed by atoms with Gasteiger partial charge in [-0.25, -0.2) is 0 Å². The van der Waals surface area contributed by atoms with Gasteiger partial charge in [-0.1, -0.05) is 0 Å². The molecule has 0 radical (unpaired) electrons. The van der Waals surface area contributed by atoms with Crippen LogP contribution in [0.3, 0.4) is 0 Å². The predicted octanol–water partition coefficient (Wildman–Crippen LogP) is 2.48. The third kappa shape index (κ3) is 6.05. The highest BCUT2D eigenvalue weighted by Gasteiger charge is 2.11. The number of nitrogens with one attached hydrogen (secondary N) is 3. The number of rotatable bonds is 5. The molecule has 0 atom stereocenters. The molecule has 3 rings (SSSR count). The maximum Gasteiger partial charge on any atom is 0.287 e. The van der Waals surface area contributed by atoms with Gasteiger partial charge in [-0.05, 0) is 24.3 Å². The molecular formula is C18H23IN4O4. The molecule has 0 spiro atoms. The lowest BCUT2D eigenvalue weighted by Crippen LogP contribution is -2.37. The summed E-state index contributed by atoms with van der Waals surface area (Å²) in [6, 6.07) is 8.95. The molecule has 8 nitrogen and oxygen atoms in total. The van der Waals surface area contributed by atoms with Crippen LogP contribution in [0, 0.1) is 0 Å². The lowest BCUT2D eigenvalue weighted by molar-refractivity contribution is 0.0926. The highest BCUT2D eigenvalue weighted by Crippen LogP contribution is 2.32. The molecule has 0 fully saturated rings. The van der Waals surface area contributed by atoms with Gasteiger partial charge in [0.1, 0.15) is 0 Å². The fourth-order valence-corrected chi connectivity index (χ4v) is 2.41. The number of benzene rings is 1. The van der Waals surface area contributed by atoms with Crippen molar-refractivity contribution in [1.82, 2.24) is 10.6 Å².